The van der Waals surface area contributed by atoms with E-state index in [1.807, 2.05) is 141 Å². The molecule has 6 aromatic carbocycles. The highest BCUT2D eigenvalue weighted by molar-refractivity contribution is 7.89. The summed E-state index contributed by atoms with van der Waals surface area (Å²) in [6.07, 6.45) is 9.49. The molecule has 1 aliphatic carbocycles. The number of hydrogen-bond acceptors (Lipinski definition) is 21. The van der Waals surface area contributed by atoms with E-state index in [-0.39, 0.29) is 130 Å². The van der Waals surface area contributed by atoms with Gasteiger partial charge in [0.2, 0.25) is 15.9 Å². The maximum atomic E-state index is 12.1. The Kier molecular flexibility index (Phi) is 54.3. The quantitative estimate of drug-likeness (QED) is 0.00859. The van der Waals surface area contributed by atoms with E-state index < -0.39 is 27.4 Å². The predicted octanol–water partition coefficient (Wildman–Crippen LogP) is 20.9. The van der Waals surface area contributed by atoms with Crippen LogP contribution in [0.25, 0.3) is 0 Å². The maximum absolute atomic E-state index is 12.1. The van der Waals surface area contributed by atoms with Crippen LogP contribution in [0.2, 0.25) is 0 Å². The first-order valence-corrected chi connectivity index (χ1v) is 48.4. The molecule has 8 aromatic rings. The summed E-state index contributed by atoms with van der Waals surface area (Å²) >= 11 is 0. The van der Waals surface area contributed by atoms with Gasteiger partial charge >= 0.3 is 18.0 Å². The average molecular weight is 1930 g/mol. The minimum Gasteiger partial charge on any atom is -0.465 e. The highest BCUT2D eigenvalue weighted by Gasteiger charge is 2.54. The monoisotopic (exact) mass is 1930 g/mol. The van der Waals surface area contributed by atoms with Crippen molar-refractivity contribution in [3.63, 3.8) is 0 Å². The van der Waals surface area contributed by atoms with Crippen LogP contribution < -0.4 is 21.1 Å². The molecule has 0 atom stereocenters. The van der Waals surface area contributed by atoms with Gasteiger partial charge in [0, 0.05) is 103 Å². The molecule has 1 aliphatic rings. The van der Waals surface area contributed by atoms with Gasteiger partial charge in [-0.25, -0.2) is 27.9 Å². The molecule has 2 heterocycles. The van der Waals surface area contributed by atoms with Crippen LogP contribution in [0.5, 0.6) is 0 Å². The lowest BCUT2D eigenvalue weighted by molar-refractivity contribution is -0.144. The molecule has 3 amide bonds. The number of ether oxygens (including phenoxy) is 7. The second-order valence-electron chi connectivity index (χ2n) is 41.9. The van der Waals surface area contributed by atoms with Crippen LogP contribution in [0.15, 0.2) is 181 Å². The zero-order valence-corrected chi connectivity index (χ0v) is 88.7. The first kappa shape index (κ1) is 125. The second kappa shape index (κ2) is 59.8. The van der Waals surface area contributed by atoms with Crippen LogP contribution in [-0.2, 0) is 136 Å². The lowest BCUT2D eigenvalue weighted by atomic mass is 9.85. The van der Waals surface area contributed by atoms with Gasteiger partial charge in [0.05, 0.1) is 50.0 Å². The summed E-state index contributed by atoms with van der Waals surface area (Å²) in [5.74, 6) is -0.172. The number of ketones is 3. The standard InChI is InChI=1S/C16H21NO2.C15H22O2.2C14H21NO3.C14H21NO2.C13H20N2O2.C13H18O.C12H19NO3S.CH4/c1-15(2,3)12-6-4-11(5-7-12)10-13(18)16(8-9-16)14(17)19;1-15(2,3)13-8-5-7-12(11-13)14(16)9-6-10-17-4;1-14(2,3)11-5-6-12(15-10-11)9-13(16)18-8-7-17-4;1-14(2,3)11-6-5-7-12(10-11)15-13(16)18-9-8-17-4;1-14(2,3)12-7-5-11(6-8-12)13(16)15-9-10-17-4;1-5-6-17-12(16)7-11-14-8-10(9-15-11)13(2,3)4;1-10(14)9-11-5-7-12(8-6-11)13(2,3)4;1-12(2,3)10-4-6-11(7-5-10)17(15,16)13-8-9-14;/h4-7H,8-10H2,1-3H3,(H2,17,19);5,7-8,11H,6,9-10H2,1-4H3;5-6,10H,7-9H2,1-4H3;5-7,10H,8-9H2,1-4H3,(H,15,16);5-8H,9-10H2,1-4H3,(H,15,16);8-9H,5-7H2,1-4H3;5-8H,9H2,1-4H3;4-7,13-14H,8-9H2,1-3H3;1H4. The molecule has 0 bridgehead atoms. The highest BCUT2D eigenvalue weighted by Crippen LogP contribution is 2.47. The van der Waals surface area contributed by atoms with Crippen LogP contribution in [0.1, 0.15) is 307 Å². The number of rotatable bonds is 32. The summed E-state index contributed by atoms with van der Waals surface area (Å²) in [6.45, 7) is 58.1. The third-order valence-electron chi connectivity index (χ3n) is 21.5. The Morgan fingerprint density at radius 1 is 0.428 bits per heavy atom. The molecule has 2 aromatic heterocycles. The van der Waals surface area contributed by atoms with Crippen molar-refractivity contribution >= 4 is 62.9 Å². The number of aromatic nitrogens is 3. The third kappa shape index (κ3) is 49.8. The number of nitrogens with one attached hydrogen (secondary N) is 3. The number of hydrogen-bond donors (Lipinski definition) is 5. The van der Waals surface area contributed by atoms with Crippen molar-refractivity contribution in [2.75, 3.05) is 99.7 Å². The number of nitrogens with zero attached hydrogens (tertiary/aromatic N) is 3. The summed E-state index contributed by atoms with van der Waals surface area (Å²) < 4.78 is 60.1. The Morgan fingerprint density at radius 3 is 1.26 bits per heavy atom. The molecule has 1 fully saturated rings. The van der Waals surface area contributed by atoms with E-state index in [4.69, 9.17) is 44.0 Å². The summed E-state index contributed by atoms with van der Waals surface area (Å²) in [4.78, 5) is 105. The number of aliphatic hydroxyl groups excluding tert-OH is 1. The topological polar surface area (TPSA) is 356 Å². The number of primary amides is 1. The van der Waals surface area contributed by atoms with Gasteiger partial charge in [0.25, 0.3) is 5.91 Å². The fourth-order valence-electron chi connectivity index (χ4n) is 12.3. The molecule has 0 spiro atoms. The van der Waals surface area contributed by atoms with Gasteiger partial charge in [-0.2, -0.15) is 0 Å². The van der Waals surface area contributed by atoms with Gasteiger partial charge < -0.3 is 49.3 Å². The Hall–Kier alpha value is -10.6. The van der Waals surface area contributed by atoms with Crippen molar-refractivity contribution in [3.05, 3.63) is 255 Å². The number of nitrogens with two attached hydrogens (primary N) is 1. The van der Waals surface area contributed by atoms with Gasteiger partial charge in [-0.1, -0.05) is 290 Å². The summed E-state index contributed by atoms with van der Waals surface area (Å²) in [5.41, 5.74) is 19.6. The number of carbonyl (C=O) groups is 8. The largest absolute Gasteiger partial charge is 0.465 e. The van der Waals surface area contributed by atoms with Crippen molar-refractivity contribution in [2.45, 2.75) is 293 Å². The van der Waals surface area contributed by atoms with E-state index in [0.717, 1.165) is 63.2 Å². The summed E-state index contributed by atoms with van der Waals surface area (Å²) in [5, 5.41) is 14.1. The highest BCUT2D eigenvalue weighted by atomic mass is 32.2. The SMILES string of the molecule is C.CC(=O)Cc1ccc(C(C)(C)C)cc1.CC(C)(C)c1ccc(CC(=O)C2(C(N)=O)CC2)cc1.CC(C)(C)c1ccc(S(=O)(=O)NCCO)cc1.CCCOC(=O)Cc1ncc(C(C)(C)C)cn1.COCCCC(=O)c1cccc(C(C)(C)C)c1.COCCNC(=O)c1ccc(C(C)(C)C)cc1.COCCOC(=O)Cc1ccc(C(C)(C)C)cn1.COCCOC(=O)Nc1cccc(C(C)(C)C)c1. The molecule has 26 heteroatoms. The first-order chi connectivity index (χ1) is 63.6. The van der Waals surface area contributed by atoms with E-state index in [1.54, 1.807) is 59.9 Å². The number of Topliss-reactive ketones (excluding diaryl/α,β-unsaturated/α-hetero) is 3. The van der Waals surface area contributed by atoms with Gasteiger partial charge in [-0.05, 0) is 180 Å². The number of methoxy groups -OCH3 is 4. The fraction of sp³-hybridized carbons (Fsp3) is 0.527. The molecule has 138 heavy (non-hydrogen) atoms. The second-order valence-corrected chi connectivity index (χ2v) is 43.7. The minimum atomic E-state index is -3.49. The Bertz CT molecular complexity index is 5080. The summed E-state index contributed by atoms with van der Waals surface area (Å²) in [6, 6.07) is 50.4. The Balaban J connectivity index is 0.000000789. The molecular formula is C112H167N7O18S. The molecule has 0 aliphatic heterocycles. The van der Waals surface area contributed by atoms with Gasteiger partial charge in [-0.15, -0.1) is 0 Å². The van der Waals surface area contributed by atoms with Gasteiger partial charge in [0.1, 0.15) is 36.7 Å². The lowest BCUT2D eigenvalue weighted by Gasteiger charge is -2.19. The van der Waals surface area contributed by atoms with Gasteiger partial charge in [-0.3, -0.25) is 43.9 Å². The third-order valence-corrected chi connectivity index (χ3v) is 22.9. The van der Waals surface area contributed by atoms with E-state index in [0.29, 0.717) is 83.1 Å². The fourth-order valence-corrected chi connectivity index (χ4v) is 13.3. The molecule has 9 rings (SSSR count). The normalized spacial score (nSPS) is 12.2. The van der Waals surface area contributed by atoms with Gasteiger partial charge in [0.15, 0.2) is 11.6 Å². The molecule has 0 saturated heterocycles. The molecule has 0 radical (unpaired) electrons. The van der Waals surface area contributed by atoms with E-state index in [2.05, 4.69) is 215 Å². The Morgan fingerprint density at radius 2 is 0.841 bits per heavy atom. The molecule has 1 saturated carbocycles. The zero-order chi connectivity index (χ0) is 104. The number of amides is 3. The number of anilines is 1. The number of carbonyl (C=O) groups excluding carboxylic acids is 8. The molecular weight excluding hydrogens is 1760 g/mol. The predicted molar refractivity (Wildman–Crippen MR) is 555 cm³/mol. The number of pyridine rings is 1. The van der Waals surface area contributed by atoms with Crippen molar-refractivity contribution < 1.29 is 85.0 Å². The van der Waals surface area contributed by atoms with Crippen molar-refractivity contribution in [2.24, 2.45) is 11.1 Å². The molecule has 764 valence electrons. The maximum Gasteiger partial charge on any atom is 0.411 e. The number of benzene rings is 6. The Labute approximate surface area is 827 Å². The number of esters is 2. The first-order valence-electron chi connectivity index (χ1n) is 46.9. The molecule has 6 N–H and O–H groups in total. The smallest absolute Gasteiger partial charge is 0.411 e. The van der Waals surface area contributed by atoms with Crippen LogP contribution >= 0.6 is 0 Å². The number of sulfonamides is 1. The van der Waals surface area contributed by atoms with Crippen molar-refractivity contribution in [1.82, 2.24) is 25.0 Å². The zero-order valence-electron chi connectivity index (χ0n) is 87.9. The van der Waals surface area contributed by atoms with Crippen molar-refractivity contribution in [1.29, 1.82) is 0 Å². The van der Waals surface area contributed by atoms with Crippen LogP contribution in [0.3, 0.4) is 0 Å². The van der Waals surface area contributed by atoms with E-state index in [1.165, 1.54) is 22.3 Å². The molecule has 0 unspecified atom stereocenters. The summed E-state index contributed by atoms with van der Waals surface area (Å²) in [7, 11) is 2.91. The van der Waals surface area contributed by atoms with E-state index in [9.17, 15) is 46.8 Å². The van der Waals surface area contributed by atoms with Crippen LogP contribution in [0, 0.1) is 5.41 Å². The van der Waals surface area contributed by atoms with Crippen LogP contribution in [-0.4, -0.2) is 170 Å². The molecule has 25 nitrogen and oxygen atoms in total. The average Bonchev–Trinajstić information content (AvgIpc) is 1.61. The van der Waals surface area contributed by atoms with E-state index >= 15 is 0 Å². The minimum absolute atomic E-state index is 0. The lowest BCUT2D eigenvalue weighted by Crippen LogP contribution is -2.33. The van der Waals surface area contributed by atoms with Crippen molar-refractivity contribution in [3.8, 4) is 0 Å². The van der Waals surface area contributed by atoms with Crippen LogP contribution in [0.4, 0.5) is 10.5 Å². The number of aliphatic hydroxyl groups is 1.